The molecule has 0 aromatic carbocycles. The molecule has 0 aliphatic heterocycles. The van der Waals surface area contributed by atoms with Crippen LogP contribution < -0.4 is 0 Å². The predicted molar refractivity (Wildman–Crippen MR) is 103 cm³/mol. The van der Waals surface area contributed by atoms with Crippen molar-refractivity contribution in [2.24, 2.45) is 0 Å². The maximum atomic E-state index is 1.64. The van der Waals surface area contributed by atoms with Crippen molar-refractivity contribution in [1.82, 2.24) is 0 Å². The van der Waals surface area contributed by atoms with E-state index in [-0.39, 0.29) is 0 Å². The van der Waals surface area contributed by atoms with E-state index in [9.17, 15) is 0 Å². The molecule has 126 valence electrons. The Labute approximate surface area is 141 Å². The fraction of sp³-hybridized carbons (Fsp3) is 1.00. The standard InChI is InChI=1S/C20H36P2/c1-2-10-17(9-1)21(18-11-3-4-12-18)22(19-13-5-6-14-19)20-15-7-8-16-20/h17-20H,1-16H2. The lowest BCUT2D eigenvalue weighted by atomic mass is 10.4. The van der Waals surface area contributed by atoms with Crippen LogP contribution in [0.4, 0.5) is 0 Å². The molecule has 0 radical (unpaired) electrons. The van der Waals surface area contributed by atoms with Crippen molar-refractivity contribution < 1.29 is 0 Å². The van der Waals surface area contributed by atoms with Crippen LogP contribution >= 0.6 is 15.2 Å². The minimum absolute atomic E-state index is 0.416. The lowest BCUT2D eigenvalue weighted by Crippen LogP contribution is -2.18. The van der Waals surface area contributed by atoms with Crippen LogP contribution in [-0.4, -0.2) is 22.6 Å². The number of rotatable bonds is 5. The molecule has 0 nitrogen and oxygen atoms in total. The summed E-state index contributed by atoms with van der Waals surface area (Å²) in [5.41, 5.74) is 4.91. The molecule has 0 aromatic rings. The van der Waals surface area contributed by atoms with Gasteiger partial charge in [0.1, 0.15) is 0 Å². The van der Waals surface area contributed by atoms with Gasteiger partial charge in [0.2, 0.25) is 0 Å². The monoisotopic (exact) mass is 338 g/mol. The molecule has 0 saturated heterocycles. The van der Waals surface area contributed by atoms with Gasteiger partial charge in [0.25, 0.3) is 0 Å². The first-order chi connectivity index (χ1) is 10.9. The summed E-state index contributed by atoms with van der Waals surface area (Å²) in [5, 5.41) is 0. The second kappa shape index (κ2) is 7.83. The second-order valence-electron chi connectivity index (χ2n) is 8.51. The molecule has 0 spiro atoms. The normalized spacial score (nSPS) is 29.7. The van der Waals surface area contributed by atoms with Crippen LogP contribution in [0.2, 0.25) is 0 Å². The molecule has 4 aliphatic carbocycles. The first-order valence-electron chi connectivity index (χ1n) is 10.5. The third kappa shape index (κ3) is 3.45. The van der Waals surface area contributed by atoms with Crippen molar-refractivity contribution in [1.29, 1.82) is 0 Å². The molecule has 4 fully saturated rings. The van der Waals surface area contributed by atoms with Gasteiger partial charge in [-0.15, -0.1) is 0 Å². The van der Waals surface area contributed by atoms with Crippen LogP contribution in [0.5, 0.6) is 0 Å². The van der Waals surface area contributed by atoms with Crippen molar-refractivity contribution in [3.8, 4) is 0 Å². The first-order valence-corrected chi connectivity index (χ1v) is 14.2. The molecule has 0 atom stereocenters. The highest BCUT2D eigenvalue weighted by Crippen LogP contribution is 2.84. The van der Waals surface area contributed by atoms with Crippen LogP contribution in [0.25, 0.3) is 0 Å². The van der Waals surface area contributed by atoms with Crippen LogP contribution in [-0.2, 0) is 0 Å². The third-order valence-corrected chi connectivity index (χ3v) is 18.2. The average Bonchev–Trinajstić information content (AvgIpc) is 3.35. The Morgan fingerprint density at radius 3 is 0.682 bits per heavy atom. The van der Waals surface area contributed by atoms with Gasteiger partial charge >= 0.3 is 0 Å². The number of hydrogen-bond acceptors (Lipinski definition) is 0. The summed E-state index contributed by atoms with van der Waals surface area (Å²) in [5.74, 6) is 0. The van der Waals surface area contributed by atoms with E-state index < -0.39 is 0 Å². The minimum atomic E-state index is 0.416. The second-order valence-corrected chi connectivity index (χ2v) is 15.7. The highest BCUT2D eigenvalue weighted by Gasteiger charge is 2.44. The molecule has 4 saturated carbocycles. The lowest BCUT2D eigenvalue weighted by molar-refractivity contribution is 0.818. The molecule has 0 amide bonds. The zero-order valence-electron chi connectivity index (χ0n) is 14.5. The largest absolute Gasteiger partial charge is 0.0741 e. The Morgan fingerprint density at radius 1 is 0.318 bits per heavy atom. The summed E-state index contributed by atoms with van der Waals surface area (Å²) < 4.78 is 0. The molecule has 0 aromatic heterocycles. The molecule has 4 aliphatic rings. The van der Waals surface area contributed by atoms with Crippen molar-refractivity contribution in [2.45, 2.75) is 125 Å². The van der Waals surface area contributed by atoms with E-state index in [0.717, 1.165) is 0 Å². The number of hydrogen-bond donors (Lipinski definition) is 0. The maximum Gasteiger partial charge on any atom is -0.0168 e. The predicted octanol–water partition coefficient (Wildman–Crippen LogP) is 7.64. The molecule has 22 heavy (non-hydrogen) atoms. The Balaban J connectivity index is 1.59. The zero-order chi connectivity index (χ0) is 14.8. The van der Waals surface area contributed by atoms with Gasteiger partial charge in [-0.2, -0.15) is 0 Å². The molecule has 0 N–H and O–H groups in total. The summed E-state index contributed by atoms with van der Waals surface area (Å²) in [6.07, 6.45) is 25.7. The van der Waals surface area contributed by atoms with Gasteiger partial charge < -0.3 is 0 Å². The van der Waals surface area contributed by atoms with Gasteiger partial charge in [0, 0.05) is 0 Å². The van der Waals surface area contributed by atoms with Crippen molar-refractivity contribution >= 4 is 15.2 Å². The SMILES string of the molecule is C1CCC(P(C2CCCC2)P(C2CCCC2)C2CCCC2)C1. The van der Waals surface area contributed by atoms with Crippen LogP contribution in [0.1, 0.15) is 103 Å². The lowest BCUT2D eigenvalue weighted by Gasteiger charge is -2.44. The van der Waals surface area contributed by atoms with E-state index >= 15 is 0 Å². The average molecular weight is 338 g/mol. The fourth-order valence-electron chi connectivity index (χ4n) is 6.03. The Bertz CT molecular complexity index is 266. The van der Waals surface area contributed by atoms with Gasteiger partial charge in [-0.1, -0.05) is 66.6 Å². The van der Waals surface area contributed by atoms with E-state index in [0.29, 0.717) is 15.2 Å². The quantitative estimate of drug-likeness (QED) is 0.452. The summed E-state index contributed by atoms with van der Waals surface area (Å²) in [6, 6.07) is 0. The van der Waals surface area contributed by atoms with Gasteiger partial charge in [-0.3, -0.25) is 0 Å². The van der Waals surface area contributed by atoms with Crippen LogP contribution in [0, 0.1) is 0 Å². The van der Waals surface area contributed by atoms with Gasteiger partial charge in [0.05, 0.1) is 0 Å². The summed E-state index contributed by atoms with van der Waals surface area (Å²) in [4.78, 5) is 0. The summed E-state index contributed by atoms with van der Waals surface area (Å²) in [7, 11) is 0.833. The smallest absolute Gasteiger partial charge is 0.0168 e. The minimum Gasteiger partial charge on any atom is -0.0741 e. The molecule has 0 unspecified atom stereocenters. The van der Waals surface area contributed by atoms with Crippen LogP contribution in [0.3, 0.4) is 0 Å². The Hall–Kier alpha value is 0.860. The fourth-order valence-corrected chi connectivity index (χ4v) is 19.6. The third-order valence-electron chi connectivity index (χ3n) is 7.06. The van der Waals surface area contributed by atoms with E-state index in [1.54, 1.807) is 103 Å². The van der Waals surface area contributed by atoms with E-state index in [4.69, 9.17) is 0 Å². The Kier molecular flexibility index (Phi) is 5.81. The van der Waals surface area contributed by atoms with E-state index in [1.807, 2.05) is 0 Å². The van der Waals surface area contributed by atoms with E-state index in [1.165, 1.54) is 22.6 Å². The van der Waals surface area contributed by atoms with Gasteiger partial charge in [-0.25, -0.2) is 0 Å². The highest BCUT2D eigenvalue weighted by molar-refractivity contribution is 8.31. The van der Waals surface area contributed by atoms with Gasteiger partial charge in [0.15, 0.2) is 0 Å². The molecular formula is C20H36P2. The van der Waals surface area contributed by atoms with Crippen LogP contribution in [0.15, 0.2) is 0 Å². The summed E-state index contributed by atoms with van der Waals surface area (Å²) >= 11 is 0. The molecule has 0 bridgehead atoms. The zero-order valence-corrected chi connectivity index (χ0v) is 16.3. The topological polar surface area (TPSA) is 0 Å². The molecule has 2 heteroatoms. The van der Waals surface area contributed by atoms with Crippen molar-refractivity contribution in [3.63, 3.8) is 0 Å². The van der Waals surface area contributed by atoms with Crippen molar-refractivity contribution in [2.75, 3.05) is 0 Å². The maximum absolute atomic E-state index is 1.64. The molecule has 4 rings (SSSR count). The molecular weight excluding hydrogens is 302 g/mol. The first kappa shape index (κ1) is 16.3. The summed E-state index contributed by atoms with van der Waals surface area (Å²) in [6.45, 7) is 0. The van der Waals surface area contributed by atoms with Gasteiger partial charge in [-0.05, 0) is 74.0 Å². The Morgan fingerprint density at radius 2 is 0.500 bits per heavy atom. The van der Waals surface area contributed by atoms with Crippen molar-refractivity contribution in [3.05, 3.63) is 0 Å². The van der Waals surface area contributed by atoms with E-state index in [2.05, 4.69) is 0 Å². The molecule has 0 heterocycles. The highest BCUT2D eigenvalue weighted by atomic mass is 32.1.